The van der Waals surface area contributed by atoms with E-state index in [9.17, 15) is 4.79 Å². The van der Waals surface area contributed by atoms with Gasteiger partial charge in [0, 0.05) is 9.86 Å². The molecule has 0 fully saturated rings. The van der Waals surface area contributed by atoms with E-state index in [1.807, 2.05) is 68.4 Å². The molecule has 0 aliphatic carbocycles. The summed E-state index contributed by atoms with van der Waals surface area (Å²) in [4.78, 5) is 12.2. The predicted molar refractivity (Wildman–Crippen MR) is 98.9 cm³/mol. The van der Waals surface area contributed by atoms with Crippen molar-refractivity contribution >= 4 is 32.9 Å². The molecule has 24 heavy (non-hydrogen) atoms. The van der Waals surface area contributed by atoms with Crippen molar-refractivity contribution < 1.29 is 9.21 Å². The van der Waals surface area contributed by atoms with Crippen molar-refractivity contribution in [3.05, 3.63) is 70.4 Å². The van der Waals surface area contributed by atoms with Gasteiger partial charge in [0.25, 0.3) is 0 Å². The first kappa shape index (κ1) is 16.6. The topological polar surface area (TPSA) is 54.3 Å². The number of benzene rings is 2. The van der Waals surface area contributed by atoms with Crippen LogP contribution in [0.2, 0.25) is 0 Å². The van der Waals surface area contributed by atoms with Gasteiger partial charge in [-0.05, 0) is 43.7 Å². The normalized spacial score (nSPS) is 13.5. The van der Waals surface area contributed by atoms with Crippen LogP contribution in [-0.2, 0) is 0 Å². The average molecular weight is 387 g/mol. The van der Waals surface area contributed by atoms with Gasteiger partial charge in [0.2, 0.25) is 0 Å². The molecule has 3 aromatic rings. The summed E-state index contributed by atoms with van der Waals surface area (Å²) in [6.07, 6.45) is 0. The standard InChI is InChI=1S/C19H19BrN2O2/c1-12(14-7-5-8-16(20)10-14)21-19(23)22-13(2)18-11-15-6-3-4-9-17(15)24-18/h3-13H,1-2H3,(H2,21,22,23). The summed E-state index contributed by atoms with van der Waals surface area (Å²) in [6, 6.07) is 17.1. The van der Waals surface area contributed by atoms with E-state index in [0.29, 0.717) is 0 Å². The molecule has 3 rings (SSSR count). The van der Waals surface area contributed by atoms with Gasteiger partial charge in [0.05, 0.1) is 12.1 Å². The first-order chi connectivity index (χ1) is 11.5. The van der Waals surface area contributed by atoms with E-state index in [2.05, 4.69) is 26.6 Å². The molecule has 1 aromatic heterocycles. The summed E-state index contributed by atoms with van der Waals surface area (Å²) in [5.74, 6) is 0.737. The summed E-state index contributed by atoms with van der Waals surface area (Å²) in [5.41, 5.74) is 1.86. The van der Waals surface area contributed by atoms with Crippen LogP contribution in [0.3, 0.4) is 0 Å². The van der Waals surface area contributed by atoms with Crippen LogP contribution in [0.25, 0.3) is 11.0 Å². The number of furan rings is 1. The molecule has 4 nitrogen and oxygen atoms in total. The molecule has 0 saturated heterocycles. The molecule has 2 unspecified atom stereocenters. The third-order valence-electron chi connectivity index (χ3n) is 3.92. The summed E-state index contributed by atoms with van der Waals surface area (Å²) in [7, 11) is 0. The molecule has 1 heterocycles. The summed E-state index contributed by atoms with van der Waals surface area (Å²) >= 11 is 3.44. The van der Waals surface area contributed by atoms with Gasteiger partial charge in [-0.1, -0.05) is 46.3 Å². The van der Waals surface area contributed by atoms with Crippen LogP contribution in [0.5, 0.6) is 0 Å². The molecule has 0 spiro atoms. The number of nitrogens with one attached hydrogen (secondary N) is 2. The Morgan fingerprint density at radius 3 is 2.50 bits per heavy atom. The zero-order valence-electron chi connectivity index (χ0n) is 13.5. The average Bonchev–Trinajstić information content (AvgIpc) is 2.99. The minimum atomic E-state index is -0.226. The molecule has 124 valence electrons. The Balaban J connectivity index is 1.63. The number of amides is 2. The Bertz CT molecular complexity index is 826. The number of hydrogen-bond acceptors (Lipinski definition) is 2. The lowest BCUT2D eigenvalue weighted by molar-refractivity contribution is 0.233. The van der Waals surface area contributed by atoms with Gasteiger partial charge in [-0.3, -0.25) is 0 Å². The minimum absolute atomic E-state index is 0.0922. The van der Waals surface area contributed by atoms with Gasteiger partial charge in [0.1, 0.15) is 11.3 Å². The van der Waals surface area contributed by atoms with E-state index in [-0.39, 0.29) is 18.1 Å². The number of para-hydroxylation sites is 1. The van der Waals surface area contributed by atoms with E-state index >= 15 is 0 Å². The van der Waals surface area contributed by atoms with Crippen LogP contribution in [0.4, 0.5) is 4.79 Å². The number of urea groups is 1. The SMILES string of the molecule is CC(NC(=O)NC(C)c1cc2ccccc2o1)c1cccc(Br)c1. The van der Waals surface area contributed by atoms with Crippen molar-refractivity contribution in [2.45, 2.75) is 25.9 Å². The molecule has 0 aliphatic rings. The number of halogens is 1. The van der Waals surface area contributed by atoms with Crippen LogP contribution < -0.4 is 10.6 Å². The summed E-state index contributed by atoms with van der Waals surface area (Å²) in [6.45, 7) is 3.86. The zero-order valence-corrected chi connectivity index (χ0v) is 15.1. The number of rotatable bonds is 4. The maximum Gasteiger partial charge on any atom is 0.315 e. The Kier molecular flexibility index (Phi) is 4.90. The highest BCUT2D eigenvalue weighted by Crippen LogP contribution is 2.23. The minimum Gasteiger partial charge on any atom is -0.459 e. The van der Waals surface area contributed by atoms with Crippen molar-refractivity contribution in [3.63, 3.8) is 0 Å². The number of hydrogen-bond donors (Lipinski definition) is 2. The highest BCUT2D eigenvalue weighted by molar-refractivity contribution is 9.10. The zero-order chi connectivity index (χ0) is 17.1. The van der Waals surface area contributed by atoms with E-state index in [1.165, 1.54) is 0 Å². The third-order valence-corrected chi connectivity index (χ3v) is 4.41. The van der Waals surface area contributed by atoms with Crippen LogP contribution in [0.1, 0.15) is 37.3 Å². The molecule has 2 N–H and O–H groups in total. The van der Waals surface area contributed by atoms with E-state index in [4.69, 9.17) is 4.42 Å². The molecular weight excluding hydrogens is 368 g/mol. The Morgan fingerprint density at radius 1 is 1.00 bits per heavy atom. The summed E-state index contributed by atoms with van der Waals surface area (Å²) in [5, 5.41) is 6.89. The van der Waals surface area contributed by atoms with E-state index in [1.54, 1.807) is 0 Å². The van der Waals surface area contributed by atoms with Gasteiger partial charge < -0.3 is 15.1 Å². The molecule has 2 atom stereocenters. The highest BCUT2D eigenvalue weighted by atomic mass is 79.9. The second-order valence-electron chi connectivity index (χ2n) is 5.80. The number of carbonyl (C=O) groups excluding carboxylic acids is 1. The molecule has 0 aliphatic heterocycles. The van der Waals surface area contributed by atoms with E-state index < -0.39 is 0 Å². The fraction of sp³-hybridized carbons (Fsp3) is 0.211. The first-order valence-corrected chi connectivity index (χ1v) is 8.63. The van der Waals surface area contributed by atoms with Crippen LogP contribution in [0, 0.1) is 0 Å². The van der Waals surface area contributed by atoms with Crippen LogP contribution in [0.15, 0.2) is 63.5 Å². The van der Waals surface area contributed by atoms with Crippen LogP contribution in [-0.4, -0.2) is 6.03 Å². The fourth-order valence-electron chi connectivity index (χ4n) is 2.58. The second-order valence-corrected chi connectivity index (χ2v) is 6.72. The number of carbonyl (C=O) groups is 1. The monoisotopic (exact) mass is 386 g/mol. The fourth-order valence-corrected chi connectivity index (χ4v) is 3.00. The Morgan fingerprint density at radius 2 is 1.75 bits per heavy atom. The Hall–Kier alpha value is -2.27. The quantitative estimate of drug-likeness (QED) is 0.637. The van der Waals surface area contributed by atoms with Gasteiger partial charge in [-0.25, -0.2) is 4.79 Å². The van der Waals surface area contributed by atoms with Crippen molar-refractivity contribution in [1.29, 1.82) is 0 Å². The van der Waals surface area contributed by atoms with Crippen molar-refractivity contribution in [3.8, 4) is 0 Å². The molecule has 2 aromatic carbocycles. The lowest BCUT2D eigenvalue weighted by Gasteiger charge is -2.17. The Labute approximate surface area is 149 Å². The van der Waals surface area contributed by atoms with Crippen molar-refractivity contribution in [2.75, 3.05) is 0 Å². The van der Waals surface area contributed by atoms with E-state index in [0.717, 1.165) is 26.8 Å². The molecule has 2 amide bonds. The van der Waals surface area contributed by atoms with Gasteiger partial charge in [-0.2, -0.15) is 0 Å². The highest BCUT2D eigenvalue weighted by Gasteiger charge is 2.16. The second kappa shape index (κ2) is 7.09. The maximum atomic E-state index is 12.2. The largest absolute Gasteiger partial charge is 0.459 e. The van der Waals surface area contributed by atoms with Gasteiger partial charge >= 0.3 is 6.03 Å². The van der Waals surface area contributed by atoms with Crippen molar-refractivity contribution in [2.24, 2.45) is 0 Å². The third kappa shape index (κ3) is 3.79. The smallest absolute Gasteiger partial charge is 0.315 e. The molecule has 5 heteroatoms. The molecular formula is C19H19BrN2O2. The molecule has 0 saturated carbocycles. The lowest BCUT2D eigenvalue weighted by atomic mass is 10.1. The first-order valence-electron chi connectivity index (χ1n) is 7.84. The molecule has 0 bridgehead atoms. The summed E-state index contributed by atoms with van der Waals surface area (Å²) < 4.78 is 6.78. The maximum absolute atomic E-state index is 12.2. The predicted octanol–water partition coefficient (Wildman–Crippen LogP) is 5.32. The van der Waals surface area contributed by atoms with Gasteiger partial charge in [-0.15, -0.1) is 0 Å². The van der Waals surface area contributed by atoms with Crippen molar-refractivity contribution in [1.82, 2.24) is 10.6 Å². The van der Waals surface area contributed by atoms with Crippen LogP contribution >= 0.6 is 15.9 Å². The van der Waals surface area contributed by atoms with Gasteiger partial charge in [0.15, 0.2) is 0 Å². The lowest BCUT2D eigenvalue weighted by Crippen LogP contribution is -2.38. The molecule has 0 radical (unpaired) electrons. The number of fused-ring (bicyclic) bond motifs is 1.